The molecule has 0 bridgehead atoms. The van der Waals surface area contributed by atoms with Gasteiger partial charge in [0.15, 0.2) is 0 Å². The Morgan fingerprint density at radius 2 is 0.493 bits per heavy atom. The van der Waals surface area contributed by atoms with E-state index < -0.39 is 0 Å². The summed E-state index contributed by atoms with van der Waals surface area (Å²) < 4.78 is 0. The van der Waals surface area contributed by atoms with Crippen molar-refractivity contribution in [2.45, 2.75) is 71.6 Å². The third-order valence-electron chi connectivity index (χ3n) is 16.7. The van der Waals surface area contributed by atoms with Crippen molar-refractivity contribution in [2.75, 3.05) is 9.80 Å². The molecule has 13 rings (SSSR count). The topological polar surface area (TPSA) is 6.48 Å². The van der Waals surface area contributed by atoms with Crippen LogP contribution < -0.4 is 9.80 Å². The van der Waals surface area contributed by atoms with Gasteiger partial charge in [-0.2, -0.15) is 0 Å². The van der Waals surface area contributed by atoms with Crippen LogP contribution in [0.25, 0.3) is 55.6 Å². The van der Waals surface area contributed by atoms with Crippen molar-refractivity contribution in [1.29, 1.82) is 0 Å². The van der Waals surface area contributed by atoms with Gasteiger partial charge in [0.05, 0.1) is 0 Å². The molecule has 354 valence electrons. The smallest absolute Gasteiger partial charge is 0.0465 e. The lowest BCUT2D eigenvalue weighted by Crippen LogP contribution is -2.17. The molecule has 0 atom stereocenters. The van der Waals surface area contributed by atoms with Gasteiger partial charge in [0.1, 0.15) is 0 Å². The zero-order valence-electron chi connectivity index (χ0n) is 43.2. The number of rotatable bonds is 8. The molecular formula is C71H60N2. The number of benzene rings is 10. The lowest BCUT2D eigenvalue weighted by molar-refractivity contribution is 0.659. The van der Waals surface area contributed by atoms with Gasteiger partial charge in [0.2, 0.25) is 0 Å². The third kappa shape index (κ3) is 7.06. The van der Waals surface area contributed by atoms with Crippen molar-refractivity contribution >= 4 is 34.1 Å². The van der Waals surface area contributed by atoms with Gasteiger partial charge in [-0.3, -0.25) is 0 Å². The lowest BCUT2D eigenvalue weighted by Gasteiger charge is -2.28. The maximum absolute atomic E-state index is 2.48. The van der Waals surface area contributed by atoms with Crippen LogP contribution in [0, 0.1) is 13.8 Å². The van der Waals surface area contributed by atoms with Crippen molar-refractivity contribution in [1.82, 2.24) is 0 Å². The lowest BCUT2D eigenvalue weighted by atomic mass is 9.79. The van der Waals surface area contributed by atoms with Gasteiger partial charge in [-0.05, 0) is 211 Å². The first-order valence-electron chi connectivity index (χ1n) is 26.0. The molecule has 0 aliphatic heterocycles. The highest BCUT2D eigenvalue weighted by Crippen LogP contribution is 2.55. The molecule has 10 aromatic carbocycles. The number of nitrogens with zero attached hydrogens (tertiary/aromatic N) is 2. The van der Waals surface area contributed by atoms with Gasteiger partial charge in [0.25, 0.3) is 0 Å². The van der Waals surface area contributed by atoms with Crippen molar-refractivity contribution in [2.24, 2.45) is 0 Å². The van der Waals surface area contributed by atoms with E-state index in [2.05, 4.69) is 284 Å². The number of hydrogen-bond acceptors (Lipinski definition) is 2. The molecule has 0 saturated carbocycles. The molecule has 0 spiro atoms. The Morgan fingerprint density at radius 3 is 0.795 bits per heavy atom. The zero-order valence-corrected chi connectivity index (χ0v) is 43.2. The largest absolute Gasteiger partial charge is 0.310 e. The fraction of sp³-hybridized carbons (Fsp3) is 0.155. The average Bonchev–Trinajstić information content (AvgIpc) is 3.87. The fourth-order valence-electron chi connectivity index (χ4n) is 12.8. The first-order valence-corrected chi connectivity index (χ1v) is 26.0. The van der Waals surface area contributed by atoms with E-state index in [1.165, 1.54) is 123 Å². The van der Waals surface area contributed by atoms with Crippen LogP contribution in [0.2, 0.25) is 0 Å². The maximum atomic E-state index is 2.48. The second-order valence-electron chi connectivity index (χ2n) is 22.4. The van der Waals surface area contributed by atoms with Gasteiger partial charge in [-0.15, -0.1) is 0 Å². The molecule has 2 heteroatoms. The average molecular weight is 941 g/mol. The summed E-state index contributed by atoms with van der Waals surface area (Å²) in [6.07, 6.45) is 0. The first kappa shape index (κ1) is 44.7. The quantitative estimate of drug-likeness (QED) is 0.150. The predicted octanol–water partition coefficient (Wildman–Crippen LogP) is 19.5. The Bertz CT molecular complexity index is 3600. The van der Waals surface area contributed by atoms with Crippen molar-refractivity contribution < 1.29 is 0 Å². The Labute approximate surface area is 431 Å². The molecule has 3 aliphatic carbocycles. The number of para-hydroxylation sites is 2. The molecular weight excluding hydrogens is 881 g/mol. The molecule has 2 nitrogen and oxygen atoms in total. The second kappa shape index (κ2) is 16.4. The summed E-state index contributed by atoms with van der Waals surface area (Å²) in [5, 5.41) is 0. The van der Waals surface area contributed by atoms with Crippen LogP contribution in [0.15, 0.2) is 218 Å². The molecule has 0 heterocycles. The molecule has 0 radical (unpaired) electrons. The Morgan fingerprint density at radius 1 is 0.233 bits per heavy atom. The van der Waals surface area contributed by atoms with E-state index in [0.29, 0.717) is 0 Å². The normalized spacial score (nSPS) is 14.6. The molecule has 0 fully saturated rings. The highest BCUT2D eigenvalue weighted by Gasteiger charge is 2.40. The zero-order chi connectivity index (χ0) is 50.0. The van der Waals surface area contributed by atoms with Crippen molar-refractivity contribution in [3.63, 3.8) is 0 Å². The Hall–Kier alpha value is -8.20. The Balaban J connectivity index is 0.799. The van der Waals surface area contributed by atoms with Gasteiger partial charge in [-0.1, -0.05) is 163 Å². The van der Waals surface area contributed by atoms with E-state index in [-0.39, 0.29) is 16.2 Å². The molecule has 10 aromatic rings. The number of hydrogen-bond donors (Lipinski definition) is 0. The number of anilines is 6. The summed E-state index contributed by atoms with van der Waals surface area (Å²) >= 11 is 0. The standard InChI is InChI=1S/C71H60N2/c1-45-17-15-23-53(37-45)72(51-19-11-9-12-20-51)55-29-35-61-59-33-27-49(41-65(59)70(5,6)67(61)43-55)47-25-31-57-58-32-26-48(40-64(58)69(3,4)63(57)39-47)50-28-34-60-62-36-30-56(44-68(62)71(7,8)66(60)42-50)73(52-21-13-10-14-22-52)54-24-16-18-46(2)38-54/h9-44H,1-8H3. The van der Waals surface area contributed by atoms with Crippen LogP contribution >= 0.6 is 0 Å². The van der Waals surface area contributed by atoms with Crippen LogP contribution in [0.1, 0.15) is 86.1 Å². The van der Waals surface area contributed by atoms with E-state index in [1.807, 2.05) is 0 Å². The van der Waals surface area contributed by atoms with E-state index in [0.717, 1.165) is 11.4 Å². The van der Waals surface area contributed by atoms with Crippen molar-refractivity contribution in [3.8, 4) is 55.6 Å². The summed E-state index contributed by atoms with van der Waals surface area (Å²) in [7, 11) is 0. The molecule has 0 N–H and O–H groups in total. The summed E-state index contributed by atoms with van der Waals surface area (Å²) in [6, 6.07) is 82.0. The summed E-state index contributed by atoms with van der Waals surface area (Å²) in [4.78, 5) is 4.78. The van der Waals surface area contributed by atoms with Crippen LogP contribution in [-0.4, -0.2) is 0 Å². The van der Waals surface area contributed by atoms with Crippen LogP contribution in [0.4, 0.5) is 34.1 Å². The summed E-state index contributed by atoms with van der Waals surface area (Å²) in [6.45, 7) is 18.8. The van der Waals surface area contributed by atoms with Crippen molar-refractivity contribution in [3.05, 3.63) is 263 Å². The van der Waals surface area contributed by atoms with Gasteiger partial charge in [0, 0.05) is 50.4 Å². The summed E-state index contributed by atoms with van der Waals surface area (Å²) in [5.74, 6) is 0. The van der Waals surface area contributed by atoms with Gasteiger partial charge >= 0.3 is 0 Å². The minimum Gasteiger partial charge on any atom is -0.310 e. The summed E-state index contributed by atoms with van der Waals surface area (Å²) in [5.41, 5.74) is 30.2. The minimum atomic E-state index is -0.183. The van der Waals surface area contributed by atoms with Crippen LogP contribution in [-0.2, 0) is 16.2 Å². The van der Waals surface area contributed by atoms with E-state index in [1.54, 1.807) is 0 Å². The molecule has 0 saturated heterocycles. The minimum absolute atomic E-state index is 0.175. The highest BCUT2D eigenvalue weighted by atomic mass is 15.1. The van der Waals surface area contributed by atoms with E-state index in [9.17, 15) is 0 Å². The van der Waals surface area contributed by atoms with Gasteiger partial charge in [-0.25, -0.2) is 0 Å². The van der Waals surface area contributed by atoms with E-state index in [4.69, 9.17) is 0 Å². The fourth-order valence-corrected chi connectivity index (χ4v) is 12.8. The SMILES string of the molecule is Cc1cccc(N(c2ccccc2)c2ccc3c(c2)C(C)(C)c2cc(-c4ccc5c(c4)C(C)(C)c4cc(-c6ccc7c(c6)C(C)(C)c6cc(N(c8ccccc8)c8cccc(C)c8)ccc6-7)ccc4-5)ccc2-3)c1. The first-order chi connectivity index (χ1) is 35.3. The third-order valence-corrected chi connectivity index (χ3v) is 16.7. The Kier molecular flexibility index (Phi) is 10.1. The maximum Gasteiger partial charge on any atom is 0.0465 e. The number of aryl methyl sites for hydroxylation is 2. The molecule has 73 heavy (non-hydrogen) atoms. The van der Waals surface area contributed by atoms with E-state index >= 15 is 0 Å². The monoisotopic (exact) mass is 940 g/mol. The molecule has 0 aromatic heterocycles. The highest BCUT2D eigenvalue weighted by molar-refractivity contribution is 5.91. The number of fused-ring (bicyclic) bond motifs is 9. The second-order valence-corrected chi connectivity index (χ2v) is 22.4. The predicted molar refractivity (Wildman–Crippen MR) is 309 cm³/mol. The van der Waals surface area contributed by atoms with Crippen LogP contribution in [0.3, 0.4) is 0 Å². The van der Waals surface area contributed by atoms with Crippen LogP contribution in [0.5, 0.6) is 0 Å². The van der Waals surface area contributed by atoms with Gasteiger partial charge < -0.3 is 9.80 Å². The molecule has 0 amide bonds. The molecule has 0 unspecified atom stereocenters. The molecule has 3 aliphatic rings.